The third-order valence-corrected chi connectivity index (χ3v) is 3.11. The standard InChI is InChI=1S/C14H14N4O2/c15-12-11(9-16-8-10-4-2-1-3-5-10)13(19)17-14-18(12)6-7-20-14/h1-5,9H,6-8,15H2. The van der Waals surface area contributed by atoms with Gasteiger partial charge in [-0.3, -0.25) is 14.4 Å². The normalized spacial score (nSPS) is 13.4. The molecule has 20 heavy (non-hydrogen) atoms. The van der Waals surface area contributed by atoms with E-state index in [1.807, 2.05) is 30.3 Å². The van der Waals surface area contributed by atoms with Gasteiger partial charge in [0.05, 0.1) is 13.1 Å². The van der Waals surface area contributed by atoms with E-state index in [-0.39, 0.29) is 6.01 Å². The fourth-order valence-electron chi connectivity index (χ4n) is 2.07. The van der Waals surface area contributed by atoms with Gasteiger partial charge in [0.15, 0.2) is 0 Å². The number of ether oxygens (including phenoxy) is 1. The second-order valence-corrected chi connectivity index (χ2v) is 4.45. The molecule has 0 fully saturated rings. The molecule has 0 saturated carbocycles. The Morgan fingerprint density at radius 2 is 2.20 bits per heavy atom. The highest BCUT2D eigenvalue weighted by Gasteiger charge is 2.18. The molecule has 2 aromatic rings. The lowest BCUT2D eigenvalue weighted by Gasteiger charge is -2.06. The first-order valence-electron chi connectivity index (χ1n) is 6.32. The molecule has 3 rings (SSSR count). The van der Waals surface area contributed by atoms with Gasteiger partial charge in [-0.05, 0) is 5.56 Å². The predicted molar refractivity (Wildman–Crippen MR) is 76.1 cm³/mol. The Morgan fingerprint density at radius 3 is 3.00 bits per heavy atom. The van der Waals surface area contributed by atoms with Crippen molar-refractivity contribution in [3.8, 4) is 6.01 Å². The first-order chi connectivity index (χ1) is 9.75. The molecule has 6 heteroatoms. The Bertz CT molecular complexity index is 707. The lowest BCUT2D eigenvalue weighted by Crippen LogP contribution is -2.20. The average Bonchev–Trinajstić information content (AvgIpc) is 2.92. The van der Waals surface area contributed by atoms with E-state index >= 15 is 0 Å². The Balaban J connectivity index is 1.86. The predicted octanol–water partition coefficient (Wildman–Crippen LogP) is 0.837. The third-order valence-electron chi connectivity index (χ3n) is 3.11. The van der Waals surface area contributed by atoms with Crippen LogP contribution in [0.1, 0.15) is 11.1 Å². The molecule has 0 radical (unpaired) electrons. The molecule has 0 aliphatic carbocycles. The summed E-state index contributed by atoms with van der Waals surface area (Å²) in [6, 6.07) is 10.1. The first-order valence-corrected chi connectivity index (χ1v) is 6.32. The summed E-state index contributed by atoms with van der Waals surface area (Å²) in [4.78, 5) is 20.0. The van der Waals surface area contributed by atoms with Gasteiger partial charge in [0.1, 0.15) is 18.0 Å². The van der Waals surface area contributed by atoms with Crippen LogP contribution in [0.3, 0.4) is 0 Å². The summed E-state index contributed by atoms with van der Waals surface area (Å²) >= 11 is 0. The number of anilines is 1. The molecule has 0 unspecified atom stereocenters. The van der Waals surface area contributed by atoms with Gasteiger partial charge in [0, 0.05) is 6.21 Å². The largest absolute Gasteiger partial charge is 0.463 e. The number of fused-ring (bicyclic) bond motifs is 1. The van der Waals surface area contributed by atoms with Crippen molar-refractivity contribution in [2.75, 3.05) is 12.3 Å². The molecule has 1 aromatic carbocycles. The van der Waals surface area contributed by atoms with Crippen LogP contribution in [-0.2, 0) is 13.1 Å². The smallest absolute Gasteiger partial charge is 0.301 e. The topological polar surface area (TPSA) is 82.5 Å². The van der Waals surface area contributed by atoms with E-state index in [1.165, 1.54) is 6.21 Å². The van der Waals surface area contributed by atoms with E-state index in [0.717, 1.165) is 5.56 Å². The van der Waals surface area contributed by atoms with E-state index in [9.17, 15) is 4.79 Å². The third kappa shape index (κ3) is 2.27. The van der Waals surface area contributed by atoms with Crippen LogP contribution in [0, 0.1) is 0 Å². The summed E-state index contributed by atoms with van der Waals surface area (Å²) in [5.41, 5.74) is 6.94. The van der Waals surface area contributed by atoms with Gasteiger partial charge in [0.2, 0.25) is 0 Å². The highest BCUT2D eigenvalue weighted by Crippen LogP contribution is 2.18. The minimum Gasteiger partial charge on any atom is -0.463 e. The molecule has 1 aromatic heterocycles. The van der Waals surface area contributed by atoms with Gasteiger partial charge in [-0.1, -0.05) is 30.3 Å². The van der Waals surface area contributed by atoms with Crippen molar-refractivity contribution in [3.05, 3.63) is 51.8 Å². The minimum absolute atomic E-state index is 0.285. The molecule has 2 heterocycles. The summed E-state index contributed by atoms with van der Waals surface area (Å²) in [6.45, 7) is 1.59. The summed E-state index contributed by atoms with van der Waals surface area (Å²) in [5, 5.41) is 0. The number of hydrogen-bond acceptors (Lipinski definition) is 5. The second-order valence-electron chi connectivity index (χ2n) is 4.45. The van der Waals surface area contributed by atoms with Crippen molar-refractivity contribution in [3.63, 3.8) is 0 Å². The summed E-state index contributed by atoms with van der Waals surface area (Å²) in [7, 11) is 0. The SMILES string of the molecule is Nc1c(C=NCc2ccccc2)c(=O)nc2n1CCO2. The molecule has 0 spiro atoms. The molecule has 0 amide bonds. The van der Waals surface area contributed by atoms with Crippen molar-refractivity contribution in [2.45, 2.75) is 13.1 Å². The molecule has 0 bridgehead atoms. The maximum Gasteiger partial charge on any atom is 0.301 e. The number of rotatable bonds is 3. The zero-order chi connectivity index (χ0) is 13.9. The van der Waals surface area contributed by atoms with Gasteiger partial charge < -0.3 is 10.5 Å². The Morgan fingerprint density at radius 1 is 1.40 bits per heavy atom. The highest BCUT2D eigenvalue weighted by molar-refractivity contribution is 5.85. The number of aliphatic imine (C=N–C) groups is 1. The lowest BCUT2D eigenvalue weighted by molar-refractivity contribution is 0.343. The number of nitrogen functional groups attached to an aromatic ring is 1. The van der Waals surface area contributed by atoms with E-state index in [4.69, 9.17) is 10.5 Å². The van der Waals surface area contributed by atoms with Crippen molar-refractivity contribution >= 4 is 12.0 Å². The molecule has 2 N–H and O–H groups in total. The number of benzene rings is 1. The molecule has 102 valence electrons. The van der Waals surface area contributed by atoms with E-state index in [2.05, 4.69) is 9.98 Å². The van der Waals surface area contributed by atoms with Crippen molar-refractivity contribution in [1.82, 2.24) is 9.55 Å². The van der Waals surface area contributed by atoms with Crippen LogP contribution in [0.15, 0.2) is 40.1 Å². The van der Waals surface area contributed by atoms with Crippen LogP contribution in [0.2, 0.25) is 0 Å². The van der Waals surface area contributed by atoms with Gasteiger partial charge in [0.25, 0.3) is 5.56 Å². The van der Waals surface area contributed by atoms with Crippen LogP contribution in [0.4, 0.5) is 5.82 Å². The molecule has 0 saturated heterocycles. The number of nitrogens with two attached hydrogens (primary N) is 1. The van der Waals surface area contributed by atoms with Crippen LogP contribution in [-0.4, -0.2) is 22.4 Å². The van der Waals surface area contributed by atoms with Gasteiger partial charge in [-0.25, -0.2) is 0 Å². The van der Waals surface area contributed by atoms with Gasteiger partial charge in [-0.2, -0.15) is 4.98 Å². The van der Waals surface area contributed by atoms with Crippen LogP contribution >= 0.6 is 0 Å². The zero-order valence-corrected chi connectivity index (χ0v) is 10.8. The van der Waals surface area contributed by atoms with Gasteiger partial charge >= 0.3 is 6.01 Å². The van der Waals surface area contributed by atoms with Crippen LogP contribution in [0.5, 0.6) is 6.01 Å². The summed E-state index contributed by atoms with van der Waals surface area (Å²) in [5.74, 6) is 0.356. The van der Waals surface area contributed by atoms with E-state index in [1.54, 1.807) is 4.57 Å². The number of aromatic nitrogens is 2. The number of nitrogens with zero attached hydrogens (tertiary/aromatic N) is 3. The molecular formula is C14H14N4O2. The quantitative estimate of drug-likeness (QED) is 0.838. The molecular weight excluding hydrogens is 256 g/mol. The molecule has 1 aliphatic heterocycles. The number of hydrogen-bond donors (Lipinski definition) is 1. The highest BCUT2D eigenvalue weighted by atomic mass is 16.5. The molecule has 1 aliphatic rings. The Hall–Kier alpha value is -2.63. The van der Waals surface area contributed by atoms with Crippen LogP contribution in [0.25, 0.3) is 0 Å². The molecule has 0 atom stereocenters. The summed E-state index contributed by atoms with van der Waals surface area (Å²) in [6.07, 6.45) is 1.49. The Labute approximate surface area is 115 Å². The Kier molecular flexibility index (Phi) is 3.20. The maximum absolute atomic E-state index is 11.9. The fraction of sp³-hybridized carbons (Fsp3) is 0.214. The van der Waals surface area contributed by atoms with Crippen molar-refractivity contribution in [1.29, 1.82) is 0 Å². The van der Waals surface area contributed by atoms with E-state index in [0.29, 0.717) is 31.1 Å². The van der Waals surface area contributed by atoms with Crippen LogP contribution < -0.4 is 16.0 Å². The van der Waals surface area contributed by atoms with Gasteiger partial charge in [-0.15, -0.1) is 0 Å². The minimum atomic E-state index is -0.410. The maximum atomic E-state index is 11.9. The monoisotopic (exact) mass is 270 g/mol. The van der Waals surface area contributed by atoms with Crippen molar-refractivity contribution in [2.24, 2.45) is 4.99 Å². The first kappa shape index (κ1) is 12.4. The van der Waals surface area contributed by atoms with Crippen molar-refractivity contribution < 1.29 is 4.74 Å². The average molecular weight is 270 g/mol. The summed E-state index contributed by atoms with van der Waals surface area (Å²) < 4.78 is 6.90. The zero-order valence-electron chi connectivity index (χ0n) is 10.8. The fourth-order valence-corrected chi connectivity index (χ4v) is 2.07. The molecule has 6 nitrogen and oxygen atoms in total. The second kappa shape index (κ2) is 5.16. The van der Waals surface area contributed by atoms with E-state index < -0.39 is 5.56 Å². The lowest BCUT2D eigenvalue weighted by atomic mass is 10.2.